The number of likely N-dealkylation sites (N-methyl/N-ethyl adjacent to an activating group) is 1. The van der Waals surface area contributed by atoms with Gasteiger partial charge in [0.05, 0.1) is 5.02 Å². The fourth-order valence-corrected chi connectivity index (χ4v) is 3.45. The first-order valence-electron chi connectivity index (χ1n) is 10.3. The highest BCUT2D eigenvalue weighted by atomic mass is 35.5. The zero-order valence-corrected chi connectivity index (χ0v) is 20.1. The van der Waals surface area contributed by atoms with Crippen molar-refractivity contribution in [2.45, 2.75) is 6.92 Å². The van der Waals surface area contributed by atoms with Crippen LogP contribution in [0.1, 0.15) is 21.7 Å². The first-order valence-corrected chi connectivity index (χ1v) is 11.1. The van der Waals surface area contributed by atoms with E-state index in [0.29, 0.717) is 45.8 Å². The van der Waals surface area contributed by atoms with E-state index < -0.39 is 11.8 Å². The Kier molecular flexibility index (Phi) is 8.33. The van der Waals surface area contributed by atoms with Crippen molar-refractivity contribution in [1.82, 2.24) is 15.5 Å². The zero-order valence-electron chi connectivity index (χ0n) is 18.6. The smallest absolute Gasteiger partial charge is 0.267 e. The van der Waals surface area contributed by atoms with E-state index in [1.165, 1.54) is 6.08 Å². The number of furan rings is 1. The van der Waals surface area contributed by atoms with Crippen molar-refractivity contribution in [2.24, 2.45) is 0 Å². The largest absolute Gasteiger partial charge is 0.457 e. The Hall–Kier alpha value is -3.06. The molecule has 6 nitrogen and oxygen atoms in total. The summed E-state index contributed by atoms with van der Waals surface area (Å²) in [6, 6.07) is 15.6. The van der Waals surface area contributed by atoms with Crippen LogP contribution < -0.4 is 10.6 Å². The van der Waals surface area contributed by atoms with Gasteiger partial charge in [-0.3, -0.25) is 9.59 Å². The second-order valence-electron chi connectivity index (χ2n) is 7.76. The normalized spacial score (nSPS) is 11.5. The Morgan fingerprint density at radius 1 is 1.03 bits per heavy atom. The number of nitrogens with one attached hydrogen (secondary N) is 2. The summed E-state index contributed by atoms with van der Waals surface area (Å²) in [7, 11) is 3.82. The van der Waals surface area contributed by atoms with Crippen LogP contribution in [0.5, 0.6) is 0 Å². The topological polar surface area (TPSA) is 74.6 Å². The standard InChI is InChI=1S/C25H25Cl2N3O3/c1-16-4-6-17(7-5-16)24(31)29-22(25(32)28-12-13-30(2)3)15-19-9-11-23(33-19)20-10-8-18(26)14-21(20)27/h4-11,14-15H,12-13H2,1-3H3,(H,28,32)(H,29,31)/b22-15-. The van der Waals surface area contributed by atoms with Gasteiger partial charge in [0.2, 0.25) is 0 Å². The molecule has 0 atom stereocenters. The zero-order chi connectivity index (χ0) is 24.0. The molecule has 2 amide bonds. The van der Waals surface area contributed by atoms with Crippen LogP contribution in [-0.4, -0.2) is 43.9 Å². The third-order valence-corrected chi connectivity index (χ3v) is 5.31. The summed E-state index contributed by atoms with van der Waals surface area (Å²) >= 11 is 12.2. The molecule has 1 heterocycles. The van der Waals surface area contributed by atoms with E-state index in [4.69, 9.17) is 27.6 Å². The highest BCUT2D eigenvalue weighted by Gasteiger charge is 2.16. The van der Waals surface area contributed by atoms with Crippen LogP contribution in [0.25, 0.3) is 17.4 Å². The number of rotatable bonds is 8. The summed E-state index contributed by atoms with van der Waals surface area (Å²) in [5, 5.41) is 6.48. The van der Waals surface area contributed by atoms with Crippen LogP contribution in [0.2, 0.25) is 10.0 Å². The molecule has 0 bridgehead atoms. The lowest BCUT2D eigenvalue weighted by Gasteiger charge is -2.13. The van der Waals surface area contributed by atoms with Crippen molar-refractivity contribution in [3.8, 4) is 11.3 Å². The predicted octanol–water partition coefficient (Wildman–Crippen LogP) is 5.01. The van der Waals surface area contributed by atoms with Gasteiger partial charge in [-0.15, -0.1) is 0 Å². The molecule has 0 saturated heterocycles. The van der Waals surface area contributed by atoms with Crippen LogP contribution in [0.3, 0.4) is 0 Å². The monoisotopic (exact) mass is 485 g/mol. The van der Waals surface area contributed by atoms with E-state index >= 15 is 0 Å². The minimum atomic E-state index is -0.417. The number of benzene rings is 2. The Bertz CT molecular complexity index is 1170. The van der Waals surface area contributed by atoms with Gasteiger partial charge in [0, 0.05) is 35.3 Å². The number of halogens is 2. The molecule has 0 aliphatic carbocycles. The molecule has 0 aliphatic heterocycles. The minimum absolute atomic E-state index is 0.0717. The molecule has 0 fully saturated rings. The van der Waals surface area contributed by atoms with Gasteiger partial charge >= 0.3 is 0 Å². The molecule has 0 saturated carbocycles. The number of hydrogen-bond acceptors (Lipinski definition) is 4. The van der Waals surface area contributed by atoms with E-state index in [1.54, 1.807) is 42.5 Å². The number of aryl methyl sites for hydroxylation is 1. The van der Waals surface area contributed by atoms with Gasteiger partial charge in [0.25, 0.3) is 11.8 Å². The minimum Gasteiger partial charge on any atom is -0.457 e. The number of carbonyl (C=O) groups is 2. The van der Waals surface area contributed by atoms with Gasteiger partial charge in [-0.05, 0) is 63.5 Å². The van der Waals surface area contributed by atoms with Crippen molar-refractivity contribution in [2.75, 3.05) is 27.2 Å². The molecule has 0 unspecified atom stereocenters. The van der Waals surface area contributed by atoms with Crippen molar-refractivity contribution < 1.29 is 14.0 Å². The Labute approximate surface area is 203 Å². The maximum absolute atomic E-state index is 12.8. The molecule has 2 N–H and O–H groups in total. The summed E-state index contributed by atoms with van der Waals surface area (Å²) in [5.41, 5.74) is 2.22. The summed E-state index contributed by atoms with van der Waals surface area (Å²) in [6.07, 6.45) is 1.49. The maximum atomic E-state index is 12.8. The summed E-state index contributed by atoms with van der Waals surface area (Å²) in [5.74, 6) is 0.0921. The second-order valence-corrected chi connectivity index (χ2v) is 8.61. The lowest BCUT2D eigenvalue weighted by atomic mass is 10.1. The number of hydrogen-bond donors (Lipinski definition) is 2. The van der Waals surface area contributed by atoms with Crippen molar-refractivity contribution >= 4 is 41.1 Å². The molecule has 172 valence electrons. The molecule has 1 aromatic heterocycles. The lowest BCUT2D eigenvalue weighted by molar-refractivity contribution is -0.117. The molecule has 0 spiro atoms. The van der Waals surface area contributed by atoms with Crippen LogP contribution in [0.4, 0.5) is 0 Å². The molecule has 8 heteroatoms. The van der Waals surface area contributed by atoms with Crippen LogP contribution in [0, 0.1) is 6.92 Å². The van der Waals surface area contributed by atoms with E-state index in [0.717, 1.165) is 5.56 Å². The van der Waals surface area contributed by atoms with Crippen molar-refractivity contribution in [3.05, 3.63) is 87.2 Å². The van der Waals surface area contributed by atoms with E-state index in [-0.39, 0.29) is 5.70 Å². The summed E-state index contributed by atoms with van der Waals surface area (Å²) < 4.78 is 5.87. The fourth-order valence-electron chi connectivity index (χ4n) is 2.95. The Morgan fingerprint density at radius 3 is 2.42 bits per heavy atom. The molecule has 2 aromatic carbocycles. The summed E-state index contributed by atoms with van der Waals surface area (Å²) in [6.45, 7) is 3.02. The number of carbonyl (C=O) groups excluding carboxylic acids is 2. The van der Waals surface area contributed by atoms with Gasteiger partial charge in [-0.2, -0.15) is 0 Å². The average molecular weight is 486 g/mol. The second kappa shape index (κ2) is 11.2. The predicted molar refractivity (Wildman–Crippen MR) is 132 cm³/mol. The first-order chi connectivity index (χ1) is 15.7. The van der Waals surface area contributed by atoms with Gasteiger partial charge in [0.1, 0.15) is 17.2 Å². The van der Waals surface area contributed by atoms with Gasteiger partial charge in [0.15, 0.2) is 0 Å². The van der Waals surface area contributed by atoms with Gasteiger partial charge in [-0.1, -0.05) is 40.9 Å². The molecular weight excluding hydrogens is 461 g/mol. The van der Waals surface area contributed by atoms with Crippen molar-refractivity contribution in [3.63, 3.8) is 0 Å². The SMILES string of the molecule is Cc1ccc(C(=O)N/C(=C\c2ccc(-c3ccc(Cl)cc3Cl)o2)C(=O)NCCN(C)C)cc1. The molecule has 33 heavy (non-hydrogen) atoms. The van der Waals surface area contributed by atoms with E-state index in [9.17, 15) is 9.59 Å². The summed E-state index contributed by atoms with van der Waals surface area (Å²) in [4.78, 5) is 27.5. The first kappa shape index (κ1) is 24.6. The van der Waals surface area contributed by atoms with Crippen LogP contribution >= 0.6 is 23.2 Å². The van der Waals surface area contributed by atoms with E-state index in [1.807, 2.05) is 38.1 Å². The molecule has 0 radical (unpaired) electrons. The third-order valence-electron chi connectivity index (χ3n) is 4.76. The molecular formula is C25H25Cl2N3O3. The average Bonchev–Trinajstić information content (AvgIpc) is 3.21. The quantitative estimate of drug-likeness (QED) is 0.439. The number of nitrogens with zero attached hydrogens (tertiary/aromatic N) is 1. The number of amides is 2. The maximum Gasteiger partial charge on any atom is 0.267 e. The highest BCUT2D eigenvalue weighted by molar-refractivity contribution is 6.36. The van der Waals surface area contributed by atoms with Crippen LogP contribution in [0.15, 0.2) is 64.7 Å². The lowest BCUT2D eigenvalue weighted by Crippen LogP contribution is -2.37. The van der Waals surface area contributed by atoms with E-state index in [2.05, 4.69) is 10.6 Å². The molecule has 3 rings (SSSR count). The van der Waals surface area contributed by atoms with Gasteiger partial charge in [-0.25, -0.2) is 0 Å². The molecule has 0 aliphatic rings. The third kappa shape index (κ3) is 6.96. The van der Waals surface area contributed by atoms with Crippen LogP contribution in [-0.2, 0) is 4.79 Å². The Balaban J connectivity index is 1.86. The highest BCUT2D eigenvalue weighted by Crippen LogP contribution is 2.31. The van der Waals surface area contributed by atoms with Crippen molar-refractivity contribution in [1.29, 1.82) is 0 Å². The Morgan fingerprint density at radius 2 is 1.76 bits per heavy atom. The fraction of sp³-hybridized carbons (Fsp3) is 0.200. The molecule has 3 aromatic rings. The van der Waals surface area contributed by atoms with Gasteiger partial charge < -0.3 is 20.0 Å².